The van der Waals surface area contributed by atoms with E-state index in [1.165, 1.54) is 45.0 Å². The van der Waals surface area contributed by atoms with E-state index < -0.39 is 0 Å². The molecule has 2 aliphatic rings. The minimum absolute atomic E-state index is 0.107. The lowest BCUT2D eigenvalue weighted by atomic mass is 9.79. The van der Waals surface area contributed by atoms with Crippen LogP contribution in [0, 0.1) is 0 Å². The highest BCUT2D eigenvalue weighted by Crippen LogP contribution is 2.53. The van der Waals surface area contributed by atoms with E-state index in [1.807, 2.05) is 0 Å². The molecule has 41 heavy (non-hydrogen) atoms. The zero-order valence-corrected chi connectivity index (χ0v) is 23.7. The summed E-state index contributed by atoms with van der Waals surface area (Å²) in [4.78, 5) is 4.79. The van der Waals surface area contributed by atoms with Gasteiger partial charge in [0.2, 0.25) is 0 Å². The van der Waals surface area contributed by atoms with Crippen molar-refractivity contribution in [3.8, 4) is 0 Å². The Hall–Kier alpha value is -4.82. The lowest BCUT2D eigenvalue weighted by Gasteiger charge is -2.32. The number of rotatable bonds is 6. The maximum absolute atomic E-state index is 2.48. The van der Waals surface area contributed by atoms with E-state index in [-0.39, 0.29) is 5.41 Å². The molecule has 0 saturated heterocycles. The highest BCUT2D eigenvalue weighted by atomic mass is 15.2. The lowest BCUT2D eigenvalue weighted by Crippen LogP contribution is -2.22. The highest BCUT2D eigenvalue weighted by Gasteiger charge is 2.39. The van der Waals surface area contributed by atoms with Gasteiger partial charge in [-0.1, -0.05) is 92.7 Å². The smallest absolute Gasteiger partial charge is 0.0465 e. The number of allylic oxidation sites excluding steroid dienone is 4. The molecule has 0 saturated carbocycles. The third-order valence-electron chi connectivity index (χ3n) is 8.55. The minimum atomic E-state index is -0.107. The van der Waals surface area contributed by atoms with Gasteiger partial charge in [-0.15, -0.1) is 0 Å². The number of hydrogen-bond acceptors (Lipinski definition) is 2. The molecule has 0 bridgehead atoms. The topological polar surface area (TPSA) is 6.48 Å². The Morgan fingerprint density at radius 3 is 1.44 bits per heavy atom. The van der Waals surface area contributed by atoms with Crippen LogP contribution in [0.4, 0.5) is 28.4 Å². The van der Waals surface area contributed by atoms with E-state index in [4.69, 9.17) is 0 Å². The van der Waals surface area contributed by atoms with E-state index in [2.05, 4.69) is 169 Å². The second-order valence-electron chi connectivity index (χ2n) is 11.4. The van der Waals surface area contributed by atoms with Gasteiger partial charge in [0.1, 0.15) is 0 Å². The number of fused-ring (bicyclic) bond motifs is 2. The Balaban J connectivity index is 1.31. The molecule has 7 rings (SSSR count). The Bertz CT molecular complexity index is 1650. The molecule has 0 radical (unpaired) electrons. The van der Waals surface area contributed by atoms with Crippen molar-refractivity contribution < 1.29 is 0 Å². The molecule has 5 aromatic carbocycles. The monoisotopic (exact) mass is 530 g/mol. The molecule has 0 fully saturated rings. The normalized spacial score (nSPS) is 15.1. The molecule has 0 spiro atoms. The predicted octanol–water partition coefficient (Wildman–Crippen LogP) is 10.7. The van der Waals surface area contributed by atoms with Crippen molar-refractivity contribution in [2.75, 3.05) is 9.80 Å². The summed E-state index contributed by atoms with van der Waals surface area (Å²) in [6, 6.07) is 49.9. The quantitative estimate of drug-likeness (QED) is 0.215. The standard InChI is InChI=1S/C39H34N2/c1-39(2)37-27-33(40(29-15-7-3-8-16-29)30-17-9-4-10-18-30)23-25-35(37)36-26-24-34(28-38(36)39)41(31-19-11-5-12-20-31)32-21-13-6-14-22-32/h3-23,25,27-28H,24,26H2,1-2H3. The summed E-state index contributed by atoms with van der Waals surface area (Å²) in [7, 11) is 0. The lowest BCUT2D eigenvalue weighted by molar-refractivity contribution is 0.648. The maximum Gasteiger partial charge on any atom is 0.0465 e. The molecule has 0 aliphatic heterocycles. The molecule has 200 valence electrons. The summed E-state index contributed by atoms with van der Waals surface area (Å²) in [6.07, 6.45) is 4.51. The summed E-state index contributed by atoms with van der Waals surface area (Å²) in [6.45, 7) is 4.78. The first-order chi connectivity index (χ1) is 20.1. The zero-order chi connectivity index (χ0) is 27.8. The van der Waals surface area contributed by atoms with E-state index >= 15 is 0 Å². The van der Waals surface area contributed by atoms with Gasteiger partial charge in [0.05, 0.1) is 0 Å². The average Bonchev–Trinajstić information content (AvgIpc) is 3.25. The van der Waals surface area contributed by atoms with Gasteiger partial charge in [0, 0.05) is 39.5 Å². The summed E-state index contributed by atoms with van der Waals surface area (Å²) < 4.78 is 0. The van der Waals surface area contributed by atoms with Crippen LogP contribution in [0.3, 0.4) is 0 Å². The molecule has 0 amide bonds. The van der Waals surface area contributed by atoms with Crippen LogP contribution in [0.15, 0.2) is 157 Å². The highest BCUT2D eigenvalue weighted by molar-refractivity contribution is 5.87. The van der Waals surface area contributed by atoms with Gasteiger partial charge in [0.15, 0.2) is 0 Å². The first-order valence-corrected chi connectivity index (χ1v) is 14.5. The number of benzene rings is 5. The summed E-state index contributed by atoms with van der Waals surface area (Å²) in [5, 5.41) is 0. The molecular weight excluding hydrogens is 496 g/mol. The van der Waals surface area contributed by atoms with Crippen LogP contribution in [-0.4, -0.2) is 0 Å². The van der Waals surface area contributed by atoms with Crippen LogP contribution in [-0.2, 0) is 5.41 Å². The van der Waals surface area contributed by atoms with Gasteiger partial charge >= 0.3 is 0 Å². The van der Waals surface area contributed by atoms with Crippen molar-refractivity contribution in [3.05, 3.63) is 168 Å². The van der Waals surface area contributed by atoms with E-state index in [0.717, 1.165) is 24.2 Å². The molecule has 0 aromatic heterocycles. The molecule has 0 atom stereocenters. The second kappa shape index (κ2) is 10.3. The third-order valence-corrected chi connectivity index (χ3v) is 8.55. The Kier molecular flexibility index (Phi) is 6.32. The fraction of sp³-hybridized carbons (Fsp3) is 0.128. The molecular formula is C39H34N2. The van der Waals surface area contributed by atoms with Crippen LogP contribution < -0.4 is 9.80 Å². The molecule has 2 heteroatoms. The first kappa shape index (κ1) is 25.2. The third kappa shape index (κ3) is 4.46. The molecule has 5 aromatic rings. The van der Waals surface area contributed by atoms with Crippen LogP contribution in [0.5, 0.6) is 0 Å². The Morgan fingerprint density at radius 2 is 0.951 bits per heavy atom. The van der Waals surface area contributed by atoms with Crippen LogP contribution in [0.25, 0.3) is 5.57 Å². The number of nitrogens with zero attached hydrogens (tertiary/aromatic N) is 2. The zero-order valence-electron chi connectivity index (χ0n) is 23.7. The number of hydrogen-bond donors (Lipinski definition) is 0. The van der Waals surface area contributed by atoms with E-state index in [1.54, 1.807) is 0 Å². The largest absolute Gasteiger partial charge is 0.314 e. The van der Waals surface area contributed by atoms with Crippen LogP contribution in [0.2, 0.25) is 0 Å². The maximum atomic E-state index is 2.48. The fourth-order valence-electron chi connectivity index (χ4n) is 6.56. The van der Waals surface area contributed by atoms with Gasteiger partial charge < -0.3 is 9.80 Å². The molecule has 0 heterocycles. The van der Waals surface area contributed by atoms with Crippen molar-refractivity contribution in [3.63, 3.8) is 0 Å². The molecule has 0 unspecified atom stereocenters. The van der Waals surface area contributed by atoms with E-state index in [0.29, 0.717) is 0 Å². The van der Waals surface area contributed by atoms with Crippen LogP contribution in [0.1, 0.15) is 37.8 Å². The fourth-order valence-corrected chi connectivity index (χ4v) is 6.56. The van der Waals surface area contributed by atoms with Gasteiger partial charge in [-0.25, -0.2) is 0 Å². The summed E-state index contributed by atoms with van der Waals surface area (Å²) >= 11 is 0. The minimum Gasteiger partial charge on any atom is -0.314 e. The van der Waals surface area contributed by atoms with Crippen molar-refractivity contribution in [2.24, 2.45) is 0 Å². The Labute approximate surface area is 243 Å². The van der Waals surface area contributed by atoms with Gasteiger partial charge in [-0.3, -0.25) is 0 Å². The van der Waals surface area contributed by atoms with Crippen molar-refractivity contribution in [1.82, 2.24) is 0 Å². The second-order valence-corrected chi connectivity index (χ2v) is 11.4. The molecule has 2 aliphatic carbocycles. The number of para-hydroxylation sites is 4. The van der Waals surface area contributed by atoms with E-state index in [9.17, 15) is 0 Å². The summed E-state index contributed by atoms with van der Waals surface area (Å²) in [5.41, 5.74) is 12.9. The first-order valence-electron chi connectivity index (χ1n) is 14.5. The van der Waals surface area contributed by atoms with Crippen molar-refractivity contribution in [2.45, 2.75) is 32.1 Å². The van der Waals surface area contributed by atoms with Crippen molar-refractivity contribution >= 4 is 34.0 Å². The van der Waals surface area contributed by atoms with Crippen molar-refractivity contribution in [1.29, 1.82) is 0 Å². The average molecular weight is 531 g/mol. The predicted molar refractivity (Wildman–Crippen MR) is 173 cm³/mol. The SMILES string of the molecule is CC1(C)C2=C(CCC(N(c3ccccc3)c3ccccc3)=C2)c2ccc(N(c3ccccc3)c3ccccc3)cc21. The Morgan fingerprint density at radius 1 is 0.488 bits per heavy atom. The van der Waals surface area contributed by atoms with Gasteiger partial charge in [0.25, 0.3) is 0 Å². The number of anilines is 5. The van der Waals surface area contributed by atoms with Crippen LogP contribution >= 0.6 is 0 Å². The molecule has 2 nitrogen and oxygen atoms in total. The van der Waals surface area contributed by atoms with Gasteiger partial charge in [-0.05, 0) is 102 Å². The van der Waals surface area contributed by atoms with Gasteiger partial charge in [-0.2, -0.15) is 0 Å². The summed E-state index contributed by atoms with van der Waals surface area (Å²) in [5.74, 6) is 0. The molecule has 0 N–H and O–H groups in total.